The Hall–Kier alpha value is -3.24. The summed E-state index contributed by atoms with van der Waals surface area (Å²) in [6, 6.07) is 30.3. The number of para-hydroxylation sites is 1. The quantitative estimate of drug-likeness (QED) is 0.214. The fourth-order valence-electron chi connectivity index (χ4n) is 7.56. The van der Waals surface area contributed by atoms with E-state index in [0.29, 0.717) is 11.8 Å². The smallest absolute Gasteiger partial charge is 0.131 e. The first-order valence-corrected chi connectivity index (χ1v) is 13.6. The minimum atomic E-state index is -0.539. The summed E-state index contributed by atoms with van der Waals surface area (Å²) in [4.78, 5) is 4.57. The number of hydrogen-bond donors (Lipinski definition) is 1. The molecule has 4 heteroatoms. The van der Waals surface area contributed by atoms with Crippen LogP contribution in [0.15, 0.2) is 104 Å². The van der Waals surface area contributed by atoms with Gasteiger partial charge in [0.2, 0.25) is 0 Å². The lowest BCUT2D eigenvalue weighted by Gasteiger charge is -2.58. The lowest BCUT2D eigenvalue weighted by molar-refractivity contribution is -0.984. The molecule has 0 radical (unpaired) electrons. The average Bonchev–Trinajstić information content (AvgIpc) is 2.96. The first-order valence-electron chi connectivity index (χ1n) is 13.6. The van der Waals surface area contributed by atoms with E-state index >= 15 is 0 Å². The minimum Gasteiger partial charge on any atom is -1.00 e. The molecule has 1 unspecified atom stereocenters. The summed E-state index contributed by atoms with van der Waals surface area (Å²) in [5.74, 6) is 1.09. The minimum absolute atomic E-state index is 0. The third-order valence-electron chi connectivity index (χ3n) is 9.40. The van der Waals surface area contributed by atoms with E-state index in [1.807, 2.05) is 30.5 Å². The Morgan fingerprint density at radius 3 is 2.29 bits per heavy atom. The van der Waals surface area contributed by atoms with Gasteiger partial charge in [-0.3, -0.25) is 4.98 Å². The van der Waals surface area contributed by atoms with Gasteiger partial charge in [0, 0.05) is 35.9 Å². The highest BCUT2D eigenvalue weighted by molar-refractivity contribution is 6.02. The van der Waals surface area contributed by atoms with E-state index in [1.54, 1.807) is 0 Å². The molecule has 4 aromatic carbocycles. The standard InChI is InChI=1S/C34H33N2O.ClH/c1-2-23-21-36(22-31-27-11-5-3-9-25(27)19-26-10-4-6-12-28(26)31)18-16-24(23)20-33(36)34(37)30-15-17-35-32-14-8-7-13-29(30)32;/h2-15,17,19,23-24,33-34,37H,1,16,18,20-22H2;1H/q+1;/p-1/t23-,24-,33-,34?,36-;/m0./s1. The van der Waals surface area contributed by atoms with Gasteiger partial charge < -0.3 is 22.0 Å². The molecule has 0 spiro atoms. The molecule has 3 saturated heterocycles. The molecule has 5 aromatic rings. The normalized spacial score (nSPS) is 25.3. The van der Waals surface area contributed by atoms with Crippen molar-refractivity contribution in [1.29, 1.82) is 0 Å². The van der Waals surface area contributed by atoms with E-state index in [2.05, 4.69) is 78.3 Å². The van der Waals surface area contributed by atoms with Gasteiger partial charge in [-0.15, -0.1) is 6.58 Å². The van der Waals surface area contributed by atoms with Crippen LogP contribution in [0.5, 0.6) is 0 Å². The van der Waals surface area contributed by atoms with Crippen LogP contribution in [0.4, 0.5) is 0 Å². The van der Waals surface area contributed by atoms with Crippen LogP contribution >= 0.6 is 0 Å². The predicted molar refractivity (Wildman–Crippen MR) is 152 cm³/mol. The number of benzene rings is 4. The van der Waals surface area contributed by atoms with Crippen molar-refractivity contribution in [3.8, 4) is 0 Å². The Kier molecular flexibility index (Phi) is 6.47. The van der Waals surface area contributed by atoms with Crippen LogP contribution in [0.25, 0.3) is 32.4 Å². The van der Waals surface area contributed by atoms with Gasteiger partial charge in [-0.05, 0) is 51.2 Å². The second-order valence-electron chi connectivity index (χ2n) is 11.2. The number of rotatable bonds is 5. The van der Waals surface area contributed by atoms with Gasteiger partial charge in [-0.25, -0.2) is 0 Å². The monoisotopic (exact) mass is 520 g/mol. The molecule has 8 rings (SSSR count). The largest absolute Gasteiger partial charge is 1.00 e. The molecule has 0 amide bonds. The fraction of sp³-hybridized carbons (Fsp3) is 0.265. The van der Waals surface area contributed by atoms with Crippen molar-refractivity contribution in [2.24, 2.45) is 11.8 Å². The second-order valence-corrected chi connectivity index (χ2v) is 11.2. The summed E-state index contributed by atoms with van der Waals surface area (Å²) < 4.78 is 0.906. The van der Waals surface area contributed by atoms with Crippen LogP contribution in [-0.4, -0.2) is 33.7 Å². The third kappa shape index (κ3) is 3.92. The number of hydrogen-bond acceptors (Lipinski definition) is 2. The summed E-state index contributed by atoms with van der Waals surface area (Å²) in [5.41, 5.74) is 3.37. The molecule has 0 saturated carbocycles. The zero-order valence-electron chi connectivity index (χ0n) is 21.5. The molecule has 192 valence electrons. The van der Waals surface area contributed by atoms with E-state index in [-0.39, 0.29) is 18.4 Å². The van der Waals surface area contributed by atoms with Gasteiger partial charge >= 0.3 is 0 Å². The summed E-state index contributed by atoms with van der Waals surface area (Å²) in [6.45, 7) is 7.28. The topological polar surface area (TPSA) is 33.1 Å². The van der Waals surface area contributed by atoms with Gasteiger partial charge in [-0.1, -0.05) is 72.8 Å². The lowest BCUT2D eigenvalue weighted by atomic mass is 9.71. The molecule has 5 atom stereocenters. The molecule has 4 heterocycles. The molecule has 38 heavy (non-hydrogen) atoms. The first-order chi connectivity index (χ1) is 18.2. The Labute approximate surface area is 230 Å². The zero-order chi connectivity index (χ0) is 25.0. The highest BCUT2D eigenvalue weighted by atomic mass is 35.5. The van der Waals surface area contributed by atoms with Crippen molar-refractivity contribution >= 4 is 32.4 Å². The Morgan fingerprint density at radius 2 is 1.58 bits per heavy atom. The van der Waals surface area contributed by atoms with Crippen LogP contribution in [0.2, 0.25) is 0 Å². The molecule has 2 bridgehead atoms. The summed E-state index contributed by atoms with van der Waals surface area (Å²) in [6.07, 6.45) is 5.72. The number of aliphatic hydroxyl groups is 1. The summed E-state index contributed by atoms with van der Waals surface area (Å²) in [7, 11) is 0. The van der Waals surface area contributed by atoms with Gasteiger partial charge in [0.05, 0.1) is 18.6 Å². The van der Waals surface area contributed by atoms with Crippen molar-refractivity contribution < 1.29 is 22.0 Å². The fourth-order valence-corrected chi connectivity index (χ4v) is 7.56. The van der Waals surface area contributed by atoms with Crippen LogP contribution in [0, 0.1) is 11.8 Å². The molecule has 3 fully saturated rings. The number of aliphatic hydroxyl groups excluding tert-OH is 1. The van der Waals surface area contributed by atoms with Gasteiger partial charge in [-0.2, -0.15) is 0 Å². The predicted octanol–water partition coefficient (Wildman–Crippen LogP) is 4.19. The zero-order valence-corrected chi connectivity index (χ0v) is 22.3. The molecular formula is C34H33ClN2O. The van der Waals surface area contributed by atoms with Gasteiger partial charge in [0.1, 0.15) is 18.7 Å². The van der Waals surface area contributed by atoms with Crippen LogP contribution < -0.4 is 12.4 Å². The van der Waals surface area contributed by atoms with E-state index in [1.165, 1.54) is 33.5 Å². The van der Waals surface area contributed by atoms with Crippen molar-refractivity contribution in [2.75, 3.05) is 13.1 Å². The SMILES string of the molecule is C=C[C@H]1C[N@+]2(Cc3c4ccccc4cc4ccccc34)CC[C@H]1C[C@H]2C(O)c1ccnc2ccccc12.[Cl-]. The number of nitrogens with zero attached hydrogens (tertiary/aromatic N) is 2. The van der Waals surface area contributed by atoms with Crippen molar-refractivity contribution in [1.82, 2.24) is 4.98 Å². The Bertz CT molecular complexity index is 1590. The summed E-state index contributed by atoms with van der Waals surface area (Å²) in [5, 5.41) is 18.4. The molecule has 0 aliphatic carbocycles. The Morgan fingerprint density at radius 1 is 0.921 bits per heavy atom. The van der Waals surface area contributed by atoms with Crippen molar-refractivity contribution in [2.45, 2.75) is 31.5 Å². The molecular weight excluding hydrogens is 488 g/mol. The Balaban J connectivity index is 0.00000264. The molecule has 3 nitrogen and oxygen atoms in total. The molecule has 3 aliphatic heterocycles. The van der Waals surface area contributed by atoms with E-state index in [0.717, 1.165) is 47.0 Å². The van der Waals surface area contributed by atoms with E-state index in [9.17, 15) is 5.11 Å². The maximum atomic E-state index is 12.1. The van der Waals surface area contributed by atoms with E-state index < -0.39 is 6.10 Å². The van der Waals surface area contributed by atoms with Crippen LogP contribution in [0.1, 0.15) is 30.1 Å². The van der Waals surface area contributed by atoms with Crippen LogP contribution in [0.3, 0.4) is 0 Å². The molecule has 3 aliphatic rings. The van der Waals surface area contributed by atoms with Gasteiger partial charge in [0.25, 0.3) is 0 Å². The summed E-state index contributed by atoms with van der Waals surface area (Å²) >= 11 is 0. The van der Waals surface area contributed by atoms with Crippen LogP contribution in [-0.2, 0) is 6.54 Å². The number of fused-ring (bicyclic) bond motifs is 6. The van der Waals surface area contributed by atoms with Crippen molar-refractivity contribution in [3.05, 3.63) is 115 Å². The lowest BCUT2D eigenvalue weighted by Crippen LogP contribution is -3.00. The van der Waals surface area contributed by atoms with Crippen molar-refractivity contribution in [3.63, 3.8) is 0 Å². The third-order valence-corrected chi connectivity index (χ3v) is 9.40. The number of aromatic nitrogens is 1. The highest BCUT2D eigenvalue weighted by Crippen LogP contribution is 2.49. The maximum absolute atomic E-state index is 12.1. The maximum Gasteiger partial charge on any atom is 0.131 e. The molecule has 1 N–H and O–H groups in total. The number of halogens is 1. The first kappa shape index (κ1) is 25.1. The highest BCUT2D eigenvalue weighted by Gasteiger charge is 2.54. The number of pyridine rings is 1. The number of piperidine rings is 3. The molecule has 1 aromatic heterocycles. The van der Waals surface area contributed by atoms with E-state index in [4.69, 9.17) is 0 Å². The van der Waals surface area contributed by atoms with Gasteiger partial charge in [0.15, 0.2) is 0 Å². The number of quaternary nitrogens is 1. The second kappa shape index (κ2) is 9.81. The average molecular weight is 521 g/mol.